The van der Waals surface area contributed by atoms with Crippen LogP contribution in [-0.4, -0.2) is 63.2 Å². The highest BCUT2D eigenvalue weighted by Gasteiger charge is 2.18. The minimum Gasteiger partial charge on any atom is -0.345 e. The molecule has 4 rings (SSSR count). The van der Waals surface area contributed by atoms with E-state index in [0.29, 0.717) is 10.7 Å². The minimum absolute atomic E-state index is 0.0929. The van der Waals surface area contributed by atoms with Gasteiger partial charge >= 0.3 is 0 Å². The van der Waals surface area contributed by atoms with Crippen molar-refractivity contribution in [2.75, 3.05) is 49.2 Å². The second kappa shape index (κ2) is 9.74. The zero-order valence-corrected chi connectivity index (χ0v) is 20.1. The third-order valence-corrected chi connectivity index (χ3v) is 8.57. The zero-order chi connectivity index (χ0) is 22.7. The van der Waals surface area contributed by atoms with Crippen LogP contribution in [0.4, 0.5) is 10.8 Å². The van der Waals surface area contributed by atoms with Gasteiger partial charge in [-0.3, -0.25) is 4.79 Å². The molecule has 7 nitrogen and oxygen atoms in total. The van der Waals surface area contributed by atoms with Gasteiger partial charge in [0.05, 0.1) is 20.9 Å². The first-order valence-corrected chi connectivity index (χ1v) is 13.3. The SMILES string of the molecule is CN1CCN(c2nc3ccc(NC(=O)CCCS(=O)(=O)c4ccc(Cl)cc4)cc3s2)CC1. The first kappa shape index (κ1) is 23.0. The van der Waals surface area contributed by atoms with Gasteiger partial charge in [0.1, 0.15) is 0 Å². The number of amides is 1. The first-order valence-electron chi connectivity index (χ1n) is 10.4. The Hall–Kier alpha value is -2.20. The summed E-state index contributed by atoms with van der Waals surface area (Å²) in [6, 6.07) is 11.7. The molecule has 0 saturated carbocycles. The molecule has 0 unspecified atom stereocenters. The number of thiazole rings is 1. The van der Waals surface area contributed by atoms with Crippen molar-refractivity contribution in [2.45, 2.75) is 17.7 Å². The normalized spacial score (nSPS) is 15.2. The molecule has 2 heterocycles. The smallest absolute Gasteiger partial charge is 0.224 e. The molecule has 32 heavy (non-hydrogen) atoms. The van der Waals surface area contributed by atoms with E-state index in [1.165, 1.54) is 12.1 Å². The van der Waals surface area contributed by atoms with Crippen molar-refractivity contribution < 1.29 is 13.2 Å². The standard InChI is InChI=1S/C22H25ClN4O3S2/c1-26-10-12-27(13-11-26)22-25-19-9-6-17(15-20(19)31-22)24-21(28)3-2-14-32(29,30)18-7-4-16(23)5-8-18/h4-9,15H,2-3,10-14H2,1H3,(H,24,28). The number of hydrogen-bond donors (Lipinski definition) is 1. The molecule has 10 heteroatoms. The Labute approximate surface area is 196 Å². The molecule has 0 spiro atoms. The Morgan fingerprint density at radius 3 is 2.56 bits per heavy atom. The summed E-state index contributed by atoms with van der Waals surface area (Å²) in [4.78, 5) is 21.9. The van der Waals surface area contributed by atoms with Gasteiger partial charge in [-0.1, -0.05) is 22.9 Å². The van der Waals surface area contributed by atoms with E-state index in [1.54, 1.807) is 23.5 Å². The quantitative estimate of drug-likeness (QED) is 0.538. The van der Waals surface area contributed by atoms with E-state index < -0.39 is 9.84 Å². The van der Waals surface area contributed by atoms with Crippen LogP contribution in [-0.2, 0) is 14.6 Å². The van der Waals surface area contributed by atoms with Crippen LogP contribution < -0.4 is 10.2 Å². The van der Waals surface area contributed by atoms with Crippen molar-refractivity contribution in [3.63, 3.8) is 0 Å². The number of halogens is 1. The fourth-order valence-corrected chi connectivity index (χ4v) is 6.02. The van der Waals surface area contributed by atoms with Gasteiger partial charge < -0.3 is 15.1 Å². The minimum atomic E-state index is -3.44. The molecule has 1 aromatic heterocycles. The number of nitrogens with one attached hydrogen (secondary N) is 1. The summed E-state index contributed by atoms with van der Waals surface area (Å²) < 4.78 is 25.8. The predicted molar refractivity (Wildman–Crippen MR) is 131 cm³/mol. The predicted octanol–water partition coefficient (Wildman–Crippen LogP) is 3.89. The van der Waals surface area contributed by atoms with Crippen LogP contribution in [0.15, 0.2) is 47.4 Å². The number of rotatable bonds is 7. The lowest BCUT2D eigenvalue weighted by atomic mass is 10.2. The maximum absolute atomic E-state index is 12.4. The number of hydrogen-bond acceptors (Lipinski definition) is 7. The van der Waals surface area contributed by atoms with Gasteiger partial charge in [0.15, 0.2) is 15.0 Å². The zero-order valence-electron chi connectivity index (χ0n) is 17.8. The summed E-state index contributed by atoms with van der Waals surface area (Å²) >= 11 is 7.43. The Balaban J connectivity index is 1.32. The van der Waals surface area contributed by atoms with Gasteiger partial charge in [0.2, 0.25) is 5.91 Å². The summed E-state index contributed by atoms with van der Waals surface area (Å²) in [5, 5.41) is 4.36. The van der Waals surface area contributed by atoms with E-state index in [0.717, 1.165) is 41.5 Å². The van der Waals surface area contributed by atoms with Crippen LogP contribution >= 0.6 is 22.9 Å². The number of benzene rings is 2. The molecule has 0 atom stereocenters. The topological polar surface area (TPSA) is 82.6 Å². The van der Waals surface area contributed by atoms with Crippen LogP contribution in [0.1, 0.15) is 12.8 Å². The van der Waals surface area contributed by atoms with Crippen molar-refractivity contribution in [2.24, 2.45) is 0 Å². The molecule has 1 N–H and O–H groups in total. The van der Waals surface area contributed by atoms with Crippen LogP contribution in [0, 0.1) is 0 Å². The molecule has 1 amide bonds. The summed E-state index contributed by atoms with van der Waals surface area (Å²) in [5.74, 6) is -0.302. The highest BCUT2D eigenvalue weighted by molar-refractivity contribution is 7.91. The van der Waals surface area contributed by atoms with Crippen molar-refractivity contribution in [1.29, 1.82) is 0 Å². The van der Waals surface area contributed by atoms with Crippen molar-refractivity contribution in [3.05, 3.63) is 47.5 Å². The maximum Gasteiger partial charge on any atom is 0.224 e. The molecule has 1 aliphatic rings. The summed E-state index contributed by atoms with van der Waals surface area (Å²) in [5.41, 5.74) is 1.60. The molecule has 2 aromatic carbocycles. The number of anilines is 2. The fourth-order valence-electron chi connectivity index (χ4n) is 3.53. The van der Waals surface area contributed by atoms with Gasteiger partial charge in [0, 0.05) is 43.3 Å². The Kier molecular flexibility index (Phi) is 6.99. The summed E-state index contributed by atoms with van der Waals surface area (Å²) in [7, 11) is -1.32. The van der Waals surface area contributed by atoms with Gasteiger partial charge in [0.25, 0.3) is 0 Å². The molecule has 1 fully saturated rings. The lowest BCUT2D eigenvalue weighted by molar-refractivity contribution is -0.116. The van der Waals surface area contributed by atoms with Crippen molar-refractivity contribution >= 4 is 59.7 Å². The number of likely N-dealkylation sites (N-methyl/N-ethyl adjacent to an activating group) is 1. The Morgan fingerprint density at radius 2 is 1.84 bits per heavy atom. The average molecular weight is 493 g/mol. The molecule has 0 aliphatic carbocycles. The molecule has 1 saturated heterocycles. The third-order valence-electron chi connectivity index (χ3n) is 5.42. The molecule has 0 bridgehead atoms. The number of nitrogens with zero attached hydrogens (tertiary/aromatic N) is 3. The van der Waals surface area contributed by atoms with Crippen LogP contribution in [0.2, 0.25) is 5.02 Å². The highest BCUT2D eigenvalue weighted by atomic mass is 35.5. The van der Waals surface area contributed by atoms with Gasteiger partial charge in [-0.05, 0) is 55.9 Å². The van der Waals surface area contributed by atoms with E-state index in [1.807, 2.05) is 18.2 Å². The lowest BCUT2D eigenvalue weighted by Gasteiger charge is -2.31. The van der Waals surface area contributed by atoms with E-state index >= 15 is 0 Å². The van der Waals surface area contributed by atoms with Gasteiger partial charge in [-0.2, -0.15) is 0 Å². The van der Waals surface area contributed by atoms with E-state index in [-0.39, 0.29) is 29.4 Å². The third kappa shape index (κ3) is 5.58. The molecule has 170 valence electrons. The number of fused-ring (bicyclic) bond motifs is 1. The van der Waals surface area contributed by atoms with Crippen LogP contribution in [0.5, 0.6) is 0 Å². The lowest BCUT2D eigenvalue weighted by Crippen LogP contribution is -2.44. The first-order chi connectivity index (χ1) is 15.3. The van der Waals surface area contributed by atoms with Crippen molar-refractivity contribution in [3.8, 4) is 0 Å². The average Bonchev–Trinajstić information content (AvgIpc) is 3.18. The summed E-state index contributed by atoms with van der Waals surface area (Å²) in [6.07, 6.45) is 0.368. The van der Waals surface area contributed by atoms with Gasteiger partial charge in [-0.15, -0.1) is 0 Å². The number of carbonyl (C=O) groups excluding carboxylic acids is 1. The van der Waals surface area contributed by atoms with E-state index in [4.69, 9.17) is 16.6 Å². The molecular weight excluding hydrogens is 468 g/mol. The molecule has 1 aliphatic heterocycles. The number of piperazine rings is 1. The highest BCUT2D eigenvalue weighted by Crippen LogP contribution is 2.31. The summed E-state index contributed by atoms with van der Waals surface area (Å²) in [6.45, 7) is 3.95. The van der Waals surface area contributed by atoms with Gasteiger partial charge in [-0.25, -0.2) is 13.4 Å². The van der Waals surface area contributed by atoms with Crippen LogP contribution in [0.25, 0.3) is 10.2 Å². The molecule has 0 radical (unpaired) electrons. The van der Waals surface area contributed by atoms with Crippen LogP contribution in [0.3, 0.4) is 0 Å². The van der Waals surface area contributed by atoms with E-state index in [9.17, 15) is 13.2 Å². The number of carbonyl (C=O) groups is 1. The van der Waals surface area contributed by atoms with E-state index in [2.05, 4.69) is 22.2 Å². The fraction of sp³-hybridized carbons (Fsp3) is 0.364. The number of sulfone groups is 1. The second-order valence-corrected chi connectivity index (χ2v) is 11.4. The Morgan fingerprint density at radius 1 is 1.12 bits per heavy atom. The Bertz CT molecular complexity index is 1200. The molecule has 3 aromatic rings. The monoisotopic (exact) mass is 492 g/mol. The molecular formula is C22H25ClN4O3S2. The van der Waals surface area contributed by atoms with Crippen molar-refractivity contribution in [1.82, 2.24) is 9.88 Å². The number of aromatic nitrogens is 1. The second-order valence-electron chi connectivity index (χ2n) is 7.89. The maximum atomic E-state index is 12.4. The largest absolute Gasteiger partial charge is 0.345 e.